The monoisotopic (exact) mass is 607 g/mol. The van der Waals surface area contributed by atoms with Gasteiger partial charge in [0.25, 0.3) is 0 Å². The number of ether oxygens (including phenoxy) is 1. The number of aromatic nitrogens is 1. The lowest BCUT2D eigenvalue weighted by atomic mass is 9.99. The minimum absolute atomic E-state index is 0.182. The van der Waals surface area contributed by atoms with Crippen molar-refractivity contribution in [3.8, 4) is 0 Å². The van der Waals surface area contributed by atoms with Crippen molar-refractivity contribution in [2.45, 2.75) is 143 Å². The first-order valence-corrected chi connectivity index (χ1v) is 17.1. The number of carbonyl (C=O) groups is 3. The van der Waals surface area contributed by atoms with Gasteiger partial charge in [-0.2, -0.15) is 0 Å². The number of esters is 1. The zero-order valence-corrected chi connectivity index (χ0v) is 27.9. The maximum atomic E-state index is 13.4. The summed E-state index contributed by atoms with van der Waals surface area (Å²) < 4.78 is 7.03. The van der Waals surface area contributed by atoms with E-state index in [1.807, 2.05) is 38.1 Å². The molecule has 0 saturated heterocycles. The predicted octanol–water partition coefficient (Wildman–Crippen LogP) is 9.80. The van der Waals surface area contributed by atoms with Crippen molar-refractivity contribution in [1.82, 2.24) is 4.57 Å². The van der Waals surface area contributed by atoms with Gasteiger partial charge in [-0.05, 0) is 49.5 Å². The Balaban J connectivity index is 1.86. The molecule has 0 saturated carbocycles. The molecular weight excluding hydrogens is 550 g/mol. The molecule has 244 valence electrons. The smallest absolute Gasteiger partial charge is 0.328 e. The number of aliphatic carboxylic acids is 1. The van der Waals surface area contributed by atoms with Gasteiger partial charge in [-0.25, -0.2) is 4.79 Å². The van der Waals surface area contributed by atoms with Gasteiger partial charge in [0.1, 0.15) is 0 Å². The molecule has 0 radical (unpaired) electrons. The van der Waals surface area contributed by atoms with Crippen LogP contribution in [0, 0.1) is 13.8 Å². The molecule has 1 aromatic carbocycles. The van der Waals surface area contributed by atoms with Gasteiger partial charge in [0.05, 0.1) is 13.5 Å². The molecule has 2 aromatic rings. The van der Waals surface area contributed by atoms with Crippen molar-refractivity contribution in [2.75, 3.05) is 7.11 Å². The summed E-state index contributed by atoms with van der Waals surface area (Å²) in [5.74, 6) is -1.07. The lowest BCUT2D eigenvalue weighted by Gasteiger charge is -2.13. The summed E-state index contributed by atoms with van der Waals surface area (Å²) in [6.45, 7) is 6.83. The summed E-state index contributed by atoms with van der Waals surface area (Å²) in [6, 6.07) is 7.71. The number of nitrogens with zero attached hydrogens (tertiary/aromatic N) is 1. The molecule has 0 aliphatic rings. The van der Waals surface area contributed by atoms with E-state index in [-0.39, 0.29) is 18.2 Å². The molecule has 1 heterocycles. The largest absolute Gasteiger partial charge is 0.478 e. The number of unbranched alkanes of at least 4 members (excludes halogenated alkanes) is 14. The normalized spacial score (nSPS) is 11.4. The lowest BCUT2D eigenvalue weighted by molar-refractivity contribution is -0.140. The van der Waals surface area contributed by atoms with E-state index in [9.17, 15) is 14.4 Å². The Morgan fingerprint density at radius 2 is 1.30 bits per heavy atom. The number of Topliss-reactive ketones (excluding diaryl/α,β-unsaturated/α-hetero) is 1. The summed E-state index contributed by atoms with van der Waals surface area (Å²) in [6.07, 6.45) is 23.5. The van der Waals surface area contributed by atoms with E-state index >= 15 is 0 Å². The molecule has 0 unspecified atom stereocenters. The molecule has 6 nitrogen and oxygen atoms in total. The molecular formula is C38H57NO5. The maximum Gasteiger partial charge on any atom is 0.328 e. The van der Waals surface area contributed by atoms with Gasteiger partial charge in [0, 0.05) is 36.0 Å². The van der Waals surface area contributed by atoms with Crippen molar-refractivity contribution < 1.29 is 24.2 Å². The molecule has 1 aromatic heterocycles. The third-order valence-corrected chi connectivity index (χ3v) is 8.72. The molecule has 0 bridgehead atoms. The second-order valence-corrected chi connectivity index (χ2v) is 12.2. The van der Waals surface area contributed by atoms with Crippen LogP contribution in [0.3, 0.4) is 0 Å². The number of methoxy groups -OCH3 is 1. The van der Waals surface area contributed by atoms with Crippen LogP contribution in [0.4, 0.5) is 0 Å². The molecule has 2 rings (SSSR count). The van der Waals surface area contributed by atoms with Crippen LogP contribution < -0.4 is 0 Å². The first-order valence-electron chi connectivity index (χ1n) is 17.1. The maximum absolute atomic E-state index is 13.4. The van der Waals surface area contributed by atoms with Gasteiger partial charge in [-0.1, -0.05) is 121 Å². The van der Waals surface area contributed by atoms with E-state index in [1.54, 1.807) is 6.08 Å². The molecule has 44 heavy (non-hydrogen) atoms. The highest BCUT2D eigenvalue weighted by Crippen LogP contribution is 2.27. The highest BCUT2D eigenvalue weighted by Gasteiger charge is 2.23. The van der Waals surface area contributed by atoms with Gasteiger partial charge in [0.15, 0.2) is 5.78 Å². The van der Waals surface area contributed by atoms with Crippen LogP contribution in [-0.2, 0) is 27.3 Å². The second kappa shape index (κ2) is 21.5. The van der Waals surface area contributed by atoms with Crippen molar-refractivity contribution >= 4 is 23.8 Å². The Hall–Kier alpha value is -3.15. The summed E-state index contributed by atoms with van der Waals surface area (Å²) in [4.78, 5) is 36.2. The fourth-order valence-corrected chi connectivity index (χ4v) is 6.09. The Bertz CT molecular complexity index is 1170. The fourth-order valence-electron chi connectivity index (χ4n) is 6.09. The topological polar surface area (TPSA) is 85.6 Å². The minimum atomic E-state index is -0.982. The third-order valence-electron chi connectivity index (χ3n) is 8.72. The van der Waals surface area contributed by atoms with Crippen LogP contribution in [0.5, 0.6) is 0 Å². The van der Waals surface area contributed by atoms with E-state index < -0.39 is 5.97 Å². The van der Waals surface area contributed by atoms with Crippen LogP contribution in [0.2, 0.25) is 0 Å². The first kappa shape index (κ1) is 37.0. The highest BCUT2D eigenvalue weighted by molar-refractivity contribution is 5.99. The van der Waals surface area contributed by atoms with Gasteiger partial charge >= 0.3 is 11.9 Å². The molecule has 6 heteroatoms. The van der Waals surface area contributed by atoms with Crippen LogP contribution >= 0.6 is 0 Å². The van der Waals surface area contributed by atoms with Gasteiger partial charge in [-0.15, -0.1) is 0 Å². The Kier molecular flexibility index (Phi) is 18.1. The van der Waals surface area contributed by atoms with Crippen molar-refractivity contribution in [3.63, 3.8) is 0 Å². The number of hydrogen-bond acceptors (Lipinski definition) is 4. The Labute approximate surface area is 266 Å². The number of hydrogen-bond donors (Lipinski definition) is 1. The zero-order valence-electron chi connectivity index (χ0n) is 27.9. The highest BCUT2D eigenvalue weighted by atomic mass is 16.5. The van der Waals surface area contributed by atoms with Crippen molar-refractivity contribution in [2.24, 2.45) is 0 Å². The molecule has 0 spiro atoms. The summed E-state index contributed by atoms with van der Waals surface area (Å²) in [5, 5.41) is 8.88. The zero-order chi connectivity index (χ0) is 32.2. The first-order chi connectivity index (χ1) is 21.3. The molecule has 0 atom stereocenters. The van der Waals surface area contributed by atoms with Crippen LogP contribution in [-0.4, -0.2) is 34.5 Å². The number of benzene rings is 1. The van der Waals surface area contributed by atoms with Crippen LogP contribution in [0.1, 0.15) is 155 Å². The molecule has 0 amide bonds. The molecule has 0 aliphatic heterocycles. The number of carboxylic acid groups (broad SMARTS) is 1. The van der Waals surface area contributed by atoms with Crippen LogP contribution in [0.15, 0.2) is 30.3 Å². The van der Waals surface area contributed by atoms with Crippen LogP contribution in [0.25, 0.3) is 6.08 Å². The average Bonchev–Trinajstić information content (AvgIpc) is 3.24. The van der Waals surface area contributed by atoms with E-state index in [2.05, 4.69) is 11.5 Å². The van der Waals surface area contributed by atoms with E-state index in [4.69, 9.17) is 9.84 Å². The fraction of sp³-hybridized carbons (Fsp3) is 0.605. The number of rotatable bonds is 24. The standard InChI is InChI=1S/C38H57NO5/c1-5-6-7-8-9-10-11-12-13-14-15-16-17-18-19-20-35(40)38-30(2)34(26-28-37(43)44-4)39(31(38)3)29-33-23-21-32(22-24-33)25-27-36(41)42/h21-25,27H,5-20,26,28-29H2,1-4H3,(H,41,42)/b27-25+. The van der Waals surface area contributed by atoms with E-state index in [1.165, 1.54) is 90.6 Å². The summed E-state index contributed by atoms with van der Waals surface area (Å²) in [7, 11) is 1.39. The van der Waals surface area contributed by atoms with Crippen molar-refractivity contribution in [3.05, 3.63) is 64.0 Å². The predicted molar refractivity (Wildman–Crippen MR) is 180 cm³/mol. The minimum Gasteiger partial charge on any atom is -0.478 e. The van der Waals surface area contributed by atoms with E-state index in [0.717, 1.165) is 52.6 Å². The average molecular weight is 608 g/mol. The summed E-state index contributed by atoms with van der Waals surface area (Å²) in [5.41, 5.74) is 5.51. The Morgan fingerprint density at radius 1 is 0.773 bits per heavy atom. The third kappa shape index (κ3) is 13.7. The number of carboxylic acids is 1. The van der Waals surface area contributed by atoms with Gasteiger partial charge in [-0.3, -0.25) is 9.59 Å². The van der Waals surface area contributed by atoms with Crippen molar-refractivity contribution in [1.29, 1.82) is 0 Å². The molecule has 1 N–H and O–H groups in total. The van der Waals surface area contributed by atoms with Gasteiger partial charge < -0.3 is 14.4 Å². The molecule has 0 aliphatic carbocycles. The Morgan fingerprint density at radius 3 is 1.80 bits per heavy atom. The SMILES string of the molecule is CCCCCCCCCCCCCCCCCC(=O)c1c(C)c(CCC(=O)OC)n(Cc2ccc(/C=C/C(=O)O)cc2)c1C. The lowest BCUT2D eigenvalue weighted by Crippen LogP contribution is -2.10. The number of ketones is 1. The van der Waals surface area contributed by atoms with Gasteiger partial charge in [0.2, 0.25) is 0 Å². The quantitative estimate of drug-likeness (QED) is 0.0556. The number of carbonyl (C=O) groups excluding carboxylic acids is 2. The van der Waals surface area contributed by atoms with E-state index in [0.29, 0.717) is 19.4 Å². The molecule has 0 fully saturated rings. The second-order valence-electron chi connectivity index (χ2n) is 12.2. The summed E-state index contributed by atoms with van der Waals surface area (Å²) >= 11 is 0.